The van der Waals surface area contributed by atoms with Gasteiger partial charge in [0.15, 0.2) is 11.6 Å². The molecule has 1 aromatic rings. The minimum absolute atomic E-state index is 0.195. The Morgan fingerprint density at radius 2 is 2.26 bits per heavy atom. The molecule has 2 nitrogen and oxygen atoms in total. The standard InChI is InChI=1S/C16H24FNO/c1-4-6-7-8-15(18-11-5-2)13-9-10-16(19-3)14(17)12-13/h4,9-10,12,15,18H,1,5-8,11H2,2-3H3. The van der Waals surface area contributed by atoms with Gasteiger partial charge in [-0.2, -0.15) is 0 Å². The van der Waals surface area contributed by atoms with Crippen LogP contribution in [-0.4, -0.2) is 13.7 Å². The topological polar surface area (TPSA) is 21.3 Å². The zero-order valence-electron chi connectivity index (χ0n) is 11.9. The van der Waals surface area contributed by atoms with Crippen LogP contribution >= 0.6 is 0 Å². The Morgan fingerprint density at radius 1 is 1.47 bits per heavy atom. The highest BCUT2D eigenvalue weighted by Crippen LogP contribution is 2.25. The molecule has 1 rings (SSSR count). The van der Waals surface area contributed by atoms with Crippen LogP contribution in [0.1, 0.15) is 44.2 Å². The average Bonchev–Trinajstić information content (AvgIpc) is 2.42. The highest BCUT2D eigenvalue weighted by atomic mass is 19.1. The largest absolute Gasteiger partial charge is 0.494 e. The number of benzene rings is 1. The molecule has 1 atom stereocenters. The Kier molecular flexibility index (Phi) is 7.19. The fraction of sp³-hybridized carbons (Fsp3) is 0.500. The molecule has 0 saturated heterocycles. The first kappa shape index (κ1) is 15.7. The fourth-order valence-corrected chi connectivity index (χ4v) is 2.07. The van der Waals surface area contributed by atoms with Gasteiger partial charge in [0.25, 0.3) is 0 Å². The van der Waals surface area contributed by atoms with Crippen LogP contribution in [0, 0.1) is 5.82 Å². The zero-order chi connectivity index (χ0) is 14.1. The molecule has 3 heteroatoms. The van der Waals surface area contributed by atoms with Crippen molar-refractivity contribution in [3.05, 3.63) is 42.2 Å². The minimum atomic E-state index is -0.299. The van der Waals surface area contributed by atoms with E-state index in [1.165, 1.54) is 7.11 Å². The number of rotatable bonds is 9. The molecule has 0 aliphatic carbocycles. The second-order valence-electron chi connectivity index (χ2n) is 4.62. The van der Waals surface area contributed by atoms with Gasteiger partial charge in [-0.15, -0.1) is 6.58 Å². The van der Waals surface area contributed by atoms with E-state index in [9.17, 15) is 4.39 Å². The highest BCUT2D eigenvalue weighted by Gasteiger charge is 2.12. The van der Waals surface area contributed by atoms with Crippen LogP contribution in [0.3, 0.4) is 0 Å². The molecule has 0 spiro atoms. The van der Waals surface area contributed by atoms with Crippen molar-refractivity contribution in [3.8, 4) is 5.75 Å². The Hall–Kier alpha value is -1.35. The molecule has 1 aromatic carbocycles. The summed E-state index contributed by atoms with van der Waals surface area (Å²) in [5.41, 5.74) is 0.982. The molecule has 1 N–H and O–H groups in total. The molecule has 0 amide bonds. The Balaban J connectivity index is 2.76. The predicted octanol–water partition coefficient (Wildman–Crippen LogP) is 4.23. The van der Waals surface area contributed by atoms with Crippen molar-refractivity contribution in [1.29, 1.82) is 0 Å². The third-order valence-corrected chi connectivity index (χ3v) is 3.12. The van der Waals surface area contributed by atoms with Gasteiger partial charge < -0.3 is 10.1 Å². The Labute approximate surface area is 115 Å². The second-order valence-corrected chi connectivity index (χ2v) is 4.62. The number of allylic oxidation sites excluding steroid dienone is 1. The summed E-state index contributed by atoms with van der Waals surface area (Å²) in [5.74, 6) is -0.00361. The van der Waals surface area contributed by atoms with Crippen LogP contribution in [0.15, 0.2) is 30.9 Å². The maximum atomic E-state index is 13.8. The van der Waals surface area contributed by atoms with E-state index in [0.717, 1.165) is 37.8 Å². The SMILES string of the molecule is C=CCCCC(NCCC)c1ccc(OC)c(F)c1. The molecule has 1 unspecified atom stereocenters. The second kappa shape index (κ2) is 8.70. The molecule has 106 valence electrons. The molecular formula is C16H24FNO. The lowest BCUT2D eigenvalue weighted by atomic mass is 10.0. The first-order valence-electron chi connectivity index (χ1n) is 6.90. The average molecular weight is 265 g/mol. The maximum absolute atomic E-state index is 13.8. The number of halogens is 1. The lowest BCUT2D eigenvalue weighted by Gasteiger charge is -2.19. The number of methoxy groups -OCH3 is 1. The molecule has 0 aliphatic rings. The Morgan fingerprint density at radius 3 is 2.84 bits per heavy atom. The van der Waals surface area contributed by atoms with Crippen LogP contribution < -0.4 is 10.1 Å². The van der Waals surface area contributed by atoms with E-state index in [1.54, 1.807) is 12.1 Å². The van der Waals surface area contributed by atoms with Crippen molar-refractivity contribution in [2.45, 2.75) is 38.6 Å². The maximum Gasteiger partial charge on any atom is 0.165 e. The molecule has 0 aromatic heterocycles. The van der Waals surface area contributed by atoms with Gasteiger partial charge in [-0.3, -0.25) is 0 Å². The van der Waals surface area contributed by atoms with Gasteiger partial charge in [0.2, 0.25) is 0 Å². The van der Waals surface area contributed by atoms with Crippen molar-refractivity contribution in [2.24, 2.45) is 0 Å². The van der Waals surface area contributed by atoms with Crippen molar-refractivity contribution >= 4 is 0 Å². The normalized spacial score (nSPS) is 12.2. The quantitative estimate of drug-likeness (QED) is 0.533. The summed E-state index contributed by atoms with van der Waals surface area (Å²) in [6, 6.07) is 5.39. The van der Waals surface area contributed by atoms with Gasteiger partial charge in [0.1, 0.15) is 0 Å². The predicted molar refractivity (Wildman–Crippen MR) is 78.0 cm³/mol. The third-order valence-electron chi connectivity index (χ3n) is 3.12. The summed E-state index contributed by atoms with van der Waals surface area (Å²) in [6.07, 6.45) is 6.02. The van der Waals surface area contributed by atoms with Gasteiger partial charge in [-0.25, -0.2) is 4.39 Å². The van der Waals surface area contributed by atoms with E-state index in [4.69, 9.17) is 4.74 Å². The number of nitrogens with one attached hydrogen (secondary N) is 1. The van der Waals surface area contributed by atoms with Crippen LogP contribution in [0.5, 0.6) is 5.75 Å². The summed E-state index contributed by atoms with van der Waals surface area (Å²) in [5, 5.41) is 3.47. The molecule has 0 fully saturated rings. The van der Waals surface area contributed by atoms with E-state index in [2.05, 4.69) is 18.8 Å². The van der Waals surface area contributed by atoms with Crippen LogP contribution in [0.2, 0.25) is 0 Å². The van der Waals surface area contributed by atoms with E-state index >= 15 is 0 Å². The van der Waals surface area contributed by atoms with Gasteiger partial charge in [0.05, 0.1) is 7.11 Å². The molecule has 0 bridgehead atoms. The van der Waals surface area contributed by atoms with Gasteiger partial charge >= 0.3 is 0 Å². The smallest absolute Gasteiger partial charge is 0.165 e. The van der Waals surface area contributed by atoms with Gasteiger partial charge in [0, 0.05) is 6.04 Å². The minimum Gasteiger partial charge on any atom is -0.494 e. The number of unbranched alkanes of at least 4 members (excludes halogenated alkanes) is 1. The van der Waals surface area contributed by atoms with Crippen LogP contribution in [-0.2, 0) is 0 Å². The first-order valence-corrected chi connectivity index (χ1v) is 6.90. The summed E-state index contributed by atoms with van der Waals surface area (Å²) < 4.78 is 18.7. The first-order chi connectivity index (χ1) is 9.22. The summed E-state index contributed by atoms with van der Waals surface area (Å²) in [4.78, 5) is 0. The molecule has 19 heavy (non-hydrogen) atoms. The lowest BCUT2D eigenvalue weighted by molar-refractivity contribution is 0.385. The Bertz CT molecular complexity index is 392. The van der Waals surface area contributed by atoms with E-state index in [1.807, 2.05) is 12.1 Å². The molecule has 0 radical (unpaired) electrons. The lowest BCUT2D eigenvalue weighted by Crippen LogP contribution is -2.22. The van der Waals surface area contributed by atoms with Crippen molar-refractivity contribution < 1.29 is 9.13 Å². The fourth-order valence-electron chi connectivity index (χ4n) is 2.07. The van der Waals surface area contributed by atoms with Crippen molar-refractivity contribution in [3.63, 3.8) is 0 Å². The van der Waals surface area contributed by atoms with Gasteiger partial charge in [-0.05, 0) is 49.9 Å². The molecule has 0 saturated carbocycles. The molecule has 0 heterocycles. The number of hydrogen-bond acceptors (Lipinski definition) is 2. The van der Waals surface area contributed by atoms with Crippen molar-refractivity contribution in [1.82, 2.24) is 5.32 Å². The number of ether oxygens (including phenoxy) is 1. The summed E-state index contributed by atoms with van der Waals surface area (Å²) in [7, 11) is 1.48. The molecular weight excluding hydrogens is 241 g/mol. The van der Waals surface area contributed by atoms with E-state index < -0.39 is 0 Å². The van der Waals surface area contributed by atoms with Crippen LogP contribution in [0.25, 0.3) is 0 Å². The molecule has 0 aliphatic heterocycles. The summed E-state index contributed by atoms with van der Waals surface area (Å²) >= 11 is 0. The van der Waals surface area contributed by atoms with Crippen LogP contribution in [0.4, 0.5) is 4.39 Å². The monoisotopic (exact) mass is 265 g/mol. The highest BCUT2D eigenvalue weighted by molar-refractivity contribution is 5.31. The third kappa shape index (κ3) is 5.03. The van der Waals surface area contributed by atoms with E-state index in [0.29, 0.717) is 5.75 Å². The van der Waals surface area contributed by atoms with Crippen molar-refractivity contribution in [2.75, 3.05) is 13.7 Å². The summed E-state index contributed by atoms with van der Waals surface area (Å²) in [6.45, 7) is 6.80. The zero-order valence-corrected chi connectivity index (χ0v) is 11.9. The number of hydrogen-bond donors (Lipinski definition) is 1. The van der Waals surface area contributed by atoms with E-state index in [-0.39, 0.29) is 11.9 Å². The van der Waals surface area contributed by atoms with Gasteiger partial charge in [-0.1, -0.05) is 19.1 Å².